The number of ether oxygens (including phenoxy) is 3. The van der Waals surface area contributed by atoms with Crippen LogP contribution in [0, 0.1) is 0 Å². The lowest BCUT2D eigenvalue weighted by molar-refractivity contribution is -0.146. The number of anilines is 1. The van der Waals surface area contributed by atoms with Gasteiger partial charge in [-0.3, -0.25) is 4.79 Å². The molecule has 0 unspecified atom stereocenters. The molecule has 1 saturated carbocycles. The molecule has 150 valence electrons. The Kier molecular flexibility index (Phi) is 8.10. The maximum Gasteiger partial charge on any atom is 0.341 e. The van der Waals surface area contributed by atoms with Gasteiger partial charge < -0.3 is 19.5 Å². The van der Waals surface area contributed by atoms with Crippen LogP contribution >= 0.6 is 0 Å². The second-order valence-corrected chi connectivity index (χ2v) is 6.72. The van der Waals surface area contributed by atoms with Crippen molar-refractivity contribution in [3.05, 3.63) is 23.8 Å². The average molecular weight is 377 g/mol. The number of benzene rings is 1. The zero-order valence-corrected chi connectivity index (χ0v) is 16.6. The first-order valence-electron chi connectivity index (χ1n) is 9.95. The van der Waals surface area contributed by atoms with Gasteiger partial charge in [0.1, 0.15) is 16.9 Å². The molecule has 2 rings (SSSR count). The van der Waals surface area contributed by atoms with E-state index >= 15 is 0 Å². The Morgan fingerprint density at radius 3 is 2.44 bits per heavy atom. The van der Waals surface area contributed by atoms with Gasteiger partial charge in [0.05, 0.1) is 13.2 Å². The molecule has 1 aromatic rings. The van der Waals surface area contributed by atoms with Gasteiger partial charge in [-0.25, -0.2) is 4.79 Å². The Hall–Kier alpha value is -2.08. The molecular formula is C21H31NO5. The second-order valence-electron chi connectivity index (χ2n) is 6.72. The SMILES string of the molecule is CCCOC1(C(=O)Nc2ccc(OCC)c(C(=O)OCC)c2)CCCCC1. The highest BCUT2D eigenvalue weighted by Crippen LogP contribution is 2.33. The quantitative estimate of drug-likeness (QED) is 0.649. The largest absolute Gasteiger partial charge is 0.493 e. The molecule has 0 radical (unpaired) electrons. The van der Waals surface area contributed by atoms with Gasteiger partial charge >= 0.3 is 5.97 Å². The second kappa shape index (κ2) is 10.3. The molecule has 0 aliphatic heterocycles. The summed E-state index contributed by atoms with van der Waals surface area (Å²) in [5, 5.41) is 2.94. The minimum absolute atomic E-state index is 0.144. The number of nitrogens with one attached hydrogen (secondary N) is 1. The highest BCUT2D eigenvalue weighted by atomic mass is 16.5. The maximum absolute atomic E-state index is 13.0. The van der Waals surface area contributed by atoms with E-state index in [2.05, 4.69) is 5.32 Å². The van der Waals surface area contributed by atoms with Gasteiger partial charge in [-0.2, -0.15) is 0 Å². The van der Waals surface area contributed by atoms with Gasteiger partial charge in [0.25, 0.3) is 5.91 Å². The van der Waals surface area contributed by atoms with Crippen LogP contribution in [0.2, 0.25) is 0 Å². The van der Waals surface area contributed by atoms with E-state index in [1.54, 1.807) is 25.1 Å². The maximum atomic E-state index is 13.0. The summed E-state index contributed by atoms with van der Waals surface area (Å²) in [6.45, 7) is 6.91. The topological polar surface area (TPSA) is 73.9 Å². The number of esters is 1. The monoisotopic (exact) mass is 377 g/mol. The molecule has 0 spiro atoms. The Balaban J connectivity index is 2.22. The third-order valence-corrected chi connectivity index (χ3v) is 4.69. The summed E-state index contributed by atoms with van der Waals surface area (Å²) < 4.78 is 16.6. The Morgan fingerprint density at radius 1 is 1.07 bits per heavy atom. The van der Waals surface area contributed by atoms with Crippen molar-refractivity contribution in [3.8, 4) is 5.75 Å². The van der Waals surface area contributed by atoms with Gasteiger partial charge in [0.15, 0.2) is 0 Å². The molecule has 0 atom stereocenters. The number of amides is 1. The van der Waals surface area contributed by atoms with Crippen LogP contribution in [0.1, 0.15) is 69.7 Å². The van der Waals surface area contributed by atoms with E-state index < -0.39 is 11.6 Å². The fourth-order valence-electron chi connectivity index (χ4n) is 3.36. The van der Waals surface area contributed by atoms with Crippen molar-refractivity contribution >= 4 is 17.6 Å². The van der Waals surface area contributed by atoms with E-state index in [-0.39, 0.29) is 12.5 Å². The van der Waals surface area contributed by atoms with Crippen molar-refractivity contribution in [2.45, 2.75) is 64.9 Å². The summed E-state index contributed by atoms with van der Waals surface area (Å²) in [6, 6.07) is 5.03. The first kappa shape index (κ1) is 21.2. The highest BCUT2D eigenvalue weighted by molar-refractivity contribution is 5.99. The summed E-state index contributed by atoms with van der Waals surface area (Å²) in [5.41, 5.74) is 0.0666. The number of carbonyl (C=O) groups is 2. The minimum atomic E-state index is -0.781. The molecule has 1 fully saturated rings. The van der Waals surface area contributed by atoms with E-state index in [0.717, 1.165) is 38.5 Å². The third kappa shape index (κ3) is 5.45. The molecule has 1 amide bonds. The van der Waals surface area contributed by atoms with Crippen LogP contribution < -0.4 is 10.1 Å². The van der Waals surface area contributed by atoms with Crippen molar-refractivity contribution in [3.63, 3.8) is 0 Å². The fraction of sp³-hybridized carbons (Fsp3) is 0.619. The molecule has 6 heteroatoms. The van der Waals surface area contributed by atoms with E-state index in [9.17, 15) is 9.59 Å². The number of carbonyl (C=O) groups excluding carboxylic acids is 2. The number of hydrogen-bond acceptors (Lipinski definition) is 5. The molecule has 0 aromatic heterocycles. The number of hydrogen-bond donors (Lipinski definition) is 1. The number of rotatable bonds is 9. The highest BCUT2D eigenvalue weighted by Gasteiger charge is 2.40. The zero-order chi connectivity index (χ0) is 19.7. The predicted octanol–water partition coefficient (Wildman–Crippen LogP) is 4.33. The molecule has 0 saturated heterocycles. The predicted molar refractivity (Wildman–Crippen MR) is 104 cm³/mol. The van der Waals surface area contributed by atoms with Crippen LogP contribution in [0.25, 0.3) is 0 Å². The molecular weight excluding hydrogens is 346 g/mol. The van der Waals surface area contributed by atoms with Crippen molar-refractivity contribution in [1.29, 1.82) is 0 Å². The Labute approximate surface area is 161 Å². The lowest BCUT2D eigenvalue weighted by Gasteiger charge is -2.35. The molecule has 6 nitrogen and oxygen atoms in total. The standard InChI is InChI=1S/C21H31NO5/c1-4-14-27-21(12-8-7-9-13-21)20(24)22-16-10-11-18(25-5-2)17(15-16)19(23)26-6-3/h10-11,15H,4-9,12-14H2,1-3H3,(H,22,24). The van der Waals surface area contributed by atoms with Crippen LogP contribution in [0.15, 0.2) is 18.2 Å². The lowest BCUT2D eigenvalue weighted by atomic mass is 9.83. The van der Waals surface area contributed by atoms with Crippen molar-refractivity contribution < 1.29 is 23.8 Å². The van der Waals surface area contributed by atoms with E-state index in [0.29, 0.717) is 30.2 Å². The van der Waals surface area contributed by atoms with Crippen molar-refractivity contribution in [2.75, 3.05) is 25.1 Å². The molecule has 0 heterocycles. The van der Waals surface area contributed by atoms with Crippen LogP contribution in [0.3, 0.4) is 0 Å². The summed E-state index contributed by atoms with van der Waals surface area (Å²) in [6.07, 6.45) is 5.40. The molecule has 27 heavy (non-hydrogen) atoms. The van der Waals surface area contributed by atoms with E-state index in [1.807, 2.05) is 13.8 Å². The van der Waals surface area contributed by atoms with Gasteiger partial charge in [-0.05, 0) is 51.3 Å². The van der Waals surface area contributed by atoms with E-state index in [1.165, 1.54) is 0 Å². The Morgan fingerprint density at radius 2 is 1.81 bits per heavy atom. The molecule has 1 aromatic carbocycles. The summed E-state index contributed by atoms with van der Waals surface area (Å²) >= 11 is 0. The molecule has 1 aliphatic carbocycles. The van der Waals surface area contributed by atoms with E-state index in [4.69, 9.17) is 14.2 Å². The Bertz CT molecular complexity index is 637. The van der Waals surface area contributed by atoms with Crippen molar-refractivity contribution in [1.82, 2.24) is 0 Å². The van der Waals surface area contributed by atoms with Crippen LogP contribution in [-0.4, -0.2) is 37.3 Å². The molecule has 1 N–H and O–H groups in total. The van der Waals surface area contributed by atoms with Gasteiger partial charge in [-0.15, -0.1) is 0 Å². The van der Waals surface area contributed by atoms with Gasteiger partial charge in [0, 0.05) is 12.3 Å². The normalized spacial score (nSPS) is 15.8. The first-order chi connectivity index (χ1) is 13.1. The van der Waals surface area contributed by atoms with Crippen LogP contribution in [-0.2, 0) is 14.3 Å². The van der Waals surface area contributed by atoms with Gasteiger partial charge in [0.2, 0.25) is 0 Å². The summed E-state index contributed by atoms with van der Waals surface area (Å²) in [4.78, 5) is 25.3. The molecule has 0 bridgehead atoms. The minimum Gasteiger partial charge on any atom is -0.493 e. The van der Waals surface area contributed by atoms with Crippen LogP contribution in [0.4, 0.5) is 5.69 Å². The van der Waals surface area contributed by atoms with Crippen molar-refractivity contribution in [2.24, 2.45) is 0 Å². The molecule has 1 aliphatic rings. The fourth-order valence-corrected chi connectivity index (χ4v) is 3.36. The van der Waals surface area contributed by atoms with Crippen LogP contribution in [0.5, 0.6) is 5.75 Å². The van der Waals surface area contributed by atoms with Gasteiger partial charge in [-0.1, -0.05) is 26.2 Å². The average Bonchev–Trinajstić information content (AvgIpc) is 2.68. The third-order valence-electron chi connectivity index (χ3n) is 4.69. The summed E-state index contributed by atoms with van der Waals surface area (Å²) in [5.74, 6) is -0.162. The lowest BCUT2D eigenvalue weighted by Crippen LogP contribution is -2.47. The first-order valence-corrected chi connectivity index (χ1v) is 9.95. The zero-order valence-electron chi connectivity index (χ0n) is 16.6. The smallest absolute Gasteiger partial charge is 0.341 e. The summed E-state index contributed by atoms with van der Waals surface area (Å²) in [7, 11) is 0.